The fourth-order valence-electron chi connectivity index (χ4n) is 2.77. The molecule has 0 saturated carbocycles. The molecule has 2 heteroatoms. The molecule has 106 valence electrons. The van der Waals surface area contributed by atoms with Crippen LogP contribution >= 0.6 is 0 Å². The van der Waals surface area contributed by atoms with Crippen molar-refractivity contribution in [2.45, 2.75) is 46.1 Å². The number of rotatable bonds is 6. The number of fused-ring (bicyclic) bond motifs is 1. The Bertz CT molecular complexity index is 400. The number of benzene rings is 1. The number of hydrogen-bond donors (Lipinski definition) is 1. The third-order valence-corrected chi connectivity index (χ3v) is 4.12. The summed E-state index contributed by atoms with van der Waals surface area (Å²) in [5, 5.41) is 3.58. The van der Waals surface area contributed by atoms with Gasteiger partial charge < -0.3 is 10.1 Å². The van der Waals surface area contributed by atoms with Crippen LogP contribution in [0.2, 0.25) is 0 Å². The molecule has 1 aliphatic heterocycles. The molecule has 1 heterocycles. The largest absolute Gasteiger partial charge is 0.493 e. The molecule has 0 bridgehead atoms. The zero-order chi connectivity index (χ0) is 13.8. The zero-order valence-corrected chi connectivity index (χ0v) is 12.6. The predicted molar refractivity (Wildman–Crippen MR) is 80.8 cm³/mol. The van der Waals surface area contributed by atoms with E-state index in [9.17, 15) is 0 Å². The van der Waals surface area contributed by atoms with E-state index in [-0.39, 0.29) is 0 Å². The van der Waals surface area contributed by atoms with E-state index in [0.29, 0.717) is 23.8 Å². The van der Waals surface area contributed by atoms with Crippen molar-refractivity contribution >= 4 is 0 Å². The maximum atomic E-state index is 5.80. The van der Waals surface area contributed by atoms with Gasteiger partial charge in [-0.05, 0) is 30.9 Å². The van der Waals surface area contributed by atoms with Gasteiger partial charge in [-0.15, -0.1) is 0 Å². The van der Waals surface area contributed by atoms with Crippen molar-refractivity contribution in [3.05, 3.63) is 29.8 Å². The van der Waals surface area contributed by atoms with E-state index >= 15 is 0 Å². The smallest absolute Gasteiger partial charge is 0.122 e. The molecule has 0 radical (unpaired) electrons. The highest BCUT2D eigenvalue weighted by molar-refractivity contribution is 5.39. The Labute approximate surface area is 117 Å². The summed E-state index contributed by atoms with van der Waals surface area (Å²) in [7, 11) is 0. The summed E-state index contributed by atoms with van der Waals surface area (Å²) in [6.45, 7) is 11.0. The molecule has 0 amide bonds. The van der Waals surface area contributed by atoms with Crippen LogP contribution in [0.1, 0.15) is 45.6 Å². The average Bonchev–Trinajstić information content (AvgIpc) is 2.77. The summed E-state index contributed by atoms with van der Waals surface area (Å²) in [5.74, 6) is 3.07. The van der Waals surface area contributed by atoms with Crippen LogP contribution in [0.5, 0.6) is 5.75 Å². The van der Waals surface area contributed by atoms with E-state index in [1.165, 1.54) is 12.0 Å². The SMILES string of the molecule is CC(C)NCC(CC1COc2ccccc21)C(C)C. The highest BCUT2D eigenvalue weighted by Crippen LogP contribution is 2.38. The summed E-state index contributed by atoms with van der Waals surface area (Å²) >= 11 is 0. The van der Waals surface area contributed by atoms with Crippen molar-refractivity contribution in [2.75, 3.05) is 13.2 Å². The molecule has 0 saturated heterocycles. The first-order valence-corrected chi connectivity index (χ1v) is 7.53. The third kappa shape index (κ3) is 3.73. The van der Waals surface area contributed by atoms with Gasteiger partial charge >= 0.3 is 0 Å². The number of para-hydroxylation sites is 1. The van der Waals surface area contributed by atoms with Gasteiger partial charge in [0.1, 0.15) is 5.75 Å². The molecule has 2 atom stereocenters. The summed E-state index contributed by atoms with van der Waals surface area (Å²) in [5.41, 5.74) is 1.40. The van der Waals surface area contributed by atoms with Gasteiger partial charge in [0.25, 0.3) is 0 Å². The Balaban J connectivity index is 1.99. The van der Waals surface area contributed by atoms with E-state index < -0.39 is 0 Å². The molecule has 0 fully saturated rings. The first kappa shape index (κ1) is 14.4. The molecule has 1 N–H and O–H groups in total. The van der Waals surface area contributed by atoms with Crippen LogP contribution in [0.25, 0.3) is 0 Å². The van der Waals surface area contributed by atoms with E-state index in [4.69, 9.17) is 4.74 Å². The quantitative estimate of drug-likeness (QED) is 0.840. The van der Waals surface area contributed by atoms with Crippen molar-refractivity contribution in [3.8, 4) is 5.75 Å². The van der Waals surface area contributed by atoms with Crippen molar-refractivity contribution in [1.82, 2.24) is 5.32 Å². The second kappa shape index (κ2) is 6.42. The van der Waals surface area contributed by atoms with Crippen molar-refractivity contribution in [1.29, 1.82) is 0 Å². The van der Waals surface area contributed by atoms with Crippen LogP contribution in [-0.2, 0) is 0 Å². The molecule has 1 aromatic carbocycles. The van der Waals surface area contributed by atoms with Crippen LogP contribution in [0.3, 0.4) is 0 Å². The van der Waals surface area contributed by atoms with Gasteiger partial charge in [0, 0.05) is 17.5 Å². The van der Waals surface area contributed by atoms with Gasteiger partial charge in [-0.1, -0.05) is 45.9 Å². The average molecular weight is 261 g/mol. The van der Waals surface area contributed by atoms with Gasteiger partial charge in [0.15, 0.2) is 0 Å². The minimum absolute atomic E-state index is 0.563. The molecular formula is C17H27NO. The van der Waals surface area contributed by atoms with E-state index in [2.05, 4.69) is 57.3 Å². The lowest BCUT2D eigenvalue weighted by Gasteiger charge is -2.25. The van der Waals surface area contributed by atoms with Crippen LogP contribution in [-0.4, -0.2) is 19.2 Å². The molecule has 0 aromatic heterocycles. The minimum Gasteiger partial charge on any atom is -0.493 e. The van der Waals surface area contributed by atoms with E-state index in [1.807, 2.05) is 0 Å². The minimum atomic E-state index is 0.563. The first-order chi connectivity index (χ1) is 9.08. The van der Waals surface area contributed by atoms with Crippen LogP contribution in [0, 0.1) is 11.8 Å². The summed E-state index contributed by atoms with van der Waals surface area (Å²) in [6.07, 6.45) is 1.22. The van der Waals surface area contributed by atoms with E-state index in [1.54, 1.807) is 0 Å². The van der Waals surface area contributed by atoms with Crippen molar-refractivity contribution < 1.29 is 4.74 Å². The Kier molecular flexibility index (Phi) is 4.87. The number of ether oxygens (including phenoxy) is 1. The van der Waals surface area contributed by atoms with Gasteiger partial charge in [-0.2, -0.15) is 0 Å². The Morgan fingerprint density at radius 1 is 1.21 bits per heavy atom. The second-order valence-electron chi connectivity index (χ2n) is 6.35. The third-order valence-electron chi connectivity index (χ3n) is 4.12. The molecule has 0 spiro atoms. The molecule has 2 unspecified atom stereocenters. The van der Waals surface area contributed by atoms with Gasteiger partial charge in [0.05, 0.1) is 6.61 Å². The number of nitrogens with one attached hydrogen (secondary N) is 1. The Morgan fingerprint density at radius 2 is 1.95 bits per heavy atom. The van der Waals surface area contributed by atoms with Gasteiger partial charge in [-0.25, -0.2) is 0 Å². The van der Waals surface area contributed by atoms with E-state index in [0.717, 1.165) is 18.9 Å². The van der Waals surface area contributed by atoms with Gasteiger partial charge in [-0.3, -0.25) is 0 Å². The summed E-state index contributed by atoms with van der Waals surface area (Å²) < 4.78 is 5.80. The molecule has 2 rings (SSSR count). The Morgan fingerprint density at radius 3 is 2.63 bits per heavy atom. The normalized spacial score (nSPS) is 19.6. The maximum Gasteiger partial charge on any atom is 0.122 e. The molecule has 0 aliphatic carbocycles. The highest BCUT2D eigenvalue weighted by atomic mass is 16.5. The van der Waals surface area contributed by atoms with Crippen molar-refractivity contribution in [3.63, 3.8) is 0 Å². The monoisotopic (exact) mass is 261 g/mol. The molecular weight excluding hydrogens is 234 g/mol. The van der Waals surface area contributed by atoms with Crippen molar-refractivity contribution in [2.24, 2.45) is 11.8 Å². The second-order valence-corrected chi connectivity index (χ2v) is 6.35. The first-order valence-electron chi connectivity index (χ1n) is 7.53. The topological polar surface area (TPSA) is 21.3 Å². The molecule has 19 heavy (non-hydrogen) atoms. The fourth-order valence-corrected chi connectivity index (χ4v) is 2.77. The standard InChI is InChI=1S/C17H27NO/c1-12(2)14(10-18-13(3)4)9-15-11-19-17-8-6-5-7-16(15)17/h5-8,12-15,18H,9-11H2,1-4H3. The highest BCUT2D eigenvalue weighted by Gasteiger charge is 2.27. The number of hydrogen-bond acceptors (Lipinski definition) is 2. The van der Waals surface area contributed by atoms with Crippen LogP contribution in [0.15, 0.2) is 24.3 Å². The lowest BCUT2D eigenvalue weighted by Crippen LogP contribution is -2.32. The molecule has 1 aliphatic rings. The molecule has 1 aromatic rings. The lowest BCUT2D eigenvalue weighted by molar-refractivity contribution is 0.269. The Hall–Kier alpha value is -1.02. The fraction of sp³-hybridized carbons (Fsp3) is 0.647. The zero-order valence-electron chi connectivity index (χ0n) is 12.6. The lowest BCUT2D eigenvalue weighted by atomic mass is 9.84. The van der Waals surface area contributed by atoms with Crippen LogP contribution in [0.4, 0.5) is 0 Å². The summed E-state index contributed by atoms with van der Waals surface area (Å²) in [6, 6.07) is 9.05. The maximum absolute atomic E-state index is 5.80. The summed E-state index contributed by atoms with van der Waals surface area (Å²) in [4.78, 5) is 0. The van der Waals surface area contributed by atoms with Crippen LogP contribution < -0.4 is 10.1 Å². The van der Waals surface area contributed by atoms with Gasteiger partial charge in [0.2, 0.25) is 0 Å². The molecule has 2 nitrogen and oxygen atoms in total. The predicted octanol–water partition coefficient (Wildman–Crippen LogP) is 3.82.